The first-order valence-electron chi connectivity index (χ1n) is 2.84. The topological polar surface area (TPSA) is 20.2 Å². The number of aliphatic hydroxyl groups excluding tert-OH is 1. The fourth-order valence-electron chi connectivity index (χ4n) is 0.439. The molecular weight excluding hydrogens is 145 g/mol. The van der Waals surface area contributed by atoms with Gasteiger partial charge in [-0.3, -0.25) is 0 Å². The Bertz CT molecular complexity index is 108. The number of hydrogen-bond acceptors (Lipinski definition) is 1. The van der Waals surface area contributed by atoms with Gasteiger partial charge in [-0.2, -0.15) is 13.2 Å². The van der Waals surface area contributed by atoms with Crippen molar-refractivity contribution in [2.75, 3.05) is 0 Å². The van der Waals surface area contributed by atoms with Crippen LogP contribution in [0.4, 0.5) is 13.2 Å². The van der Waals surface area contributed by atoms with Crippen LogP contribution in [0.2, 0.25) is 0 Å². The molecule has 0 saturated heterocycles. The van der Waals surface area contributed by atoms with E-state index in [9.17, 15) is 13.2 Å². The molecule has 0 aliphatic heterocycles. The predicted octanol–water partition coefficient (Wildman–Crippen LogP) is 1.88. The molecule has 0 saturated carbocycles. The lowest BCUT2D eigenvalue weighted by Crippen LogP contribution is -2.27. The Morgan fingerprint density at radius 2 is 2.00 bits per heavy atom. The van der Waals surface area contributed by atoms with Crippen molar-refractivity contribution in [2.45, 2.75) is 25.1 Å². The molecule has 1 unspecified atom stereocenters. The molecule has 0 heterocycles. The molecule has 0 aromatic heterocycles. The quantitative estimate of drug-likeness (QED) is 0.615. The fraction of sp³-hybridized carbons (Fsp3) is 0.667. The third-order valence-electron chi connectivity index (χ3n) is 1.02. The second-order valence-electron chi connectivity index (χ2n) is 1.92. The minimum absolute atomic E-state index is 0.181. The lowest BCUT2D eigenvalue weighted by molar-refractivity contribution is -0.205. The van der Waals surface area contributed by atoms with Gasteiger partial charge in [0.05, 0.1) is 0 Å². The van der Waals surface area contributed by atoms with E-state index in [1.165, 1.54) is 6.08 Å². The third kappa shape index (κ3) is 3.50. The number of aliphatic hydroxyl groups is 1. The summed E-state index contributed by atoms with van der Waals surface area (Å²) < 4.78 is 34.5. The average Bonchev–Trinajstić information content (AvgIpc) is 1.80. The van der Waals surface area contributed by atoms with E-state index in [0.29, 0.717) is 0 Å². The average molecular weight is 154 g/mol. The molecule has 1 N–H and O–H groups in total. The Morgan fingerprint density at radius 1 is 1.50 bits per heavy atom. The van der Waals surface area contributed by atoms with E-state index in [0.717, 1.165) is 0 Å². The first kappa shape index (κ1) is 9.49. The Morgan fingerprint density at radius 3 is 2.30 bits per heavy atom. The number of rotatable bonds is 3. The van der Waals surface area contributed by atoms with Crippen molar-refractivity contribution in [3.05, 3.63) is 12.7 Å². The summed E-state index contributed by atoms with van der Waals surface area (Å²) >= 11 is 0. The van der Waals surface area contributed by atoms with Gasteiger partial charge in [-0.05, 0) is 12.8 Å². The van der Waals surface area contributed by atoms with E-state index in [1.54, 1.807) is 0 Å². The lowest BCUT2D eigenvalue weighted by atomic mass is 10.2. The van der Waals surface area contributed by atoms with E-state index < -0.39 is 12.3 Å². The van der Waals surface area contributed by atoms with Crippen LogP contribution in [0.25, 0.3) is 0 Å². The highest BCUT2D eigenvalue weighted by Crippen LogP contribution is 2.22. The molecule has 0 bridgehead atoms. The molecule has 10 heavy (non-hydrogen) atoms. The summed E-state index contributed by atoms with van der Waals surface area (Å²) in [6, 6.07) is 0. The maximum atomic E-state index is 11.5. The van der Waals surface area contributed by atoms with Crippen LogP contribution in [0.1, 0.15) is 12.8 Å². The maximum absolute atomic E-state index is 11.5. The Labute approximate surface area is 57.2 Å². The molecule has 0 aliphatic carbocycles. The standard InChI is InChI=1S/C6H9F3O/c1-2-3-4-5(10)6(7,8)9/h2,5,10H,1,3-4H2. The van der Waals surface area contributed by atoms with Crippen molar-refractivity contribution in [1.29, 1.82) is 0 Å². The zero-order valence-electron chi connectivity index (χ0n) is 5.36. The molecule has 4 heteroatoms. The molecule has 0 aromatic rings. The van der Waals surface area contributed by atoms with Gasteiger partial charge < -0.3 is 5.11 Å². The molecular formula is C6H9F3O. The summed E-state index contributed by atoms with van der Waals surface area (Å²) in [6.07, 6.45) is -5.46. The van der Waals surface area contributed by atoms with Crippen molar-refractivity contribution in [3.8, 4) is 0 Å². The highest BCUT2D eigenvalue weighted by molar-refractivity contribution is 4.72. The largest absolute Gasteiger partial charge is 0.414 e. The van der Waals surface area contributed by atoms with E-state index >= 15 is 0 Å². The summed E-state index contributed by atoms with van der Waals surface area (Å²) in [4.78, 5) is 0. The van der Waals surface area contributed by atoms with Gasteiger partial charge in [-0.1, -0.05) is 6.08 Å². The number of hydrogen-bond donors (Lipinski definition) is 1. The summed E-state index contributed by atoms with van der Waals surface area (Å²) in [5.74, 6) is 0. The minimum Gasteiger partial charge on any atom is -0.384 e. The maximum Gasteiger partial charge on any atom is 0.414 e. The lowest BCUT2D eigenvalue weighted by Gasteiger charge is -2.12. The number of halogens is 3. The molecule has 60 valence electrons. The van der Waals surface area contributed by atoms with Crippen molar-refractivity contribution in [2.24, 2.45) is 0 Å². The summed E-state index contributed by atoms with van der Waals surface area (Å²) in [5.41, 5.74) is 0. The molecule has 1 atom stereocenters. The van der Waals surface area contributed by atoms with Crippen LogP contribution in [0.3, 0.4) is 0 Å². The Balaban J connectivity index is 3.61. The number of alkyl halides is 3. The molecule has 0 spiro atoms. The van der Waals surface area contributed by atoms with Gasteiger partial charge in [-0.25, -0.2) is 0 Å². The summed E-state index contributed by atoms with van der Waals surface area (Å²) in [6.45, 7) is 3.24. The first-order valence-corrected chi connectivity index (χ1v) is 2.84. The molecule has 1 nitrogen and oxygen atoms in total. The monoisotopic (exact) mass is 154 g/mol. The SMILES string of the molecule is C=CCCC(O)C(F)(F)F. The van der Waals surface area contributed by atoms with Crippen LogP contribution < -0.4 is 0 Å². The highest BCUT2D eigenvalue weighted by atomic mass is 19.4. The smallest absolute Gasteiger partial charge is 0.384 e. The Kier molecular flexibility index (Phi) is 3.42. The molecule has 0 amide bonds. The van der Waals surface area contributed by atoms with Crippen LogP contribution in [0.5, 0.6) is 0 Å². The van der Waals surface area contributed by atoms with Gasteiger partial charge in [-0.15, -0.1) is 6.58 Å². The second-order valence-corrected chi connectivity index (χ2v) is 1.92. The zero-order chi connectivity index (χ0) is 8.20. The molecule has 0 radical (unpaired) electrons. The van der Waals surface area contributed by atoms with Crippen LogP contribution in [0, 0.1) is 0 Å². The van der Waals surface area contributed by atoms with Gasteiger partial charge in [0, 0.05) is 0 Å². The van der Waals surface area contributed by atoms with E-state index in [4.69, 9.17) is 5.11 Å². The van der Waals surface area contributed by atoms with E-state index in [-0.39, 0.29) is 12.8 Å². The predicted molar refractivity (Wildman–Crippen MR) is 31.5 cm³/mol. The van der Waals surface area contributed by atoms with Gasteiger partial charge in [0.1, 0.15) is 6.10 Å². The van der Waals surface area contributed by atoms with Gasteiger partial charge >= 0.3 is 6.18 Å². The Hall–Kier alpha value is -0.510. The van der Waals surface area contributed by atoms with Crippen LogP contribution >= 0.6 is 0 Å². The van der Waals surface area contributed by atoms with Crippen molar-refractivity contribution in [1.82, 2.24) is 0 Å². The van der Waals surface area contributed by atoms with Gasteiger partial charge in [0.15, 0.2) is 0 Å². The molecule has 0 rings (SSSR count). The van der Waals surface area contributed by atoms with Crippen molar-refractivity contribution >= 4 is 0 Å². The van der Waals surface area contributed by atoms with E-state index in [1.807, 2.05) is 0 Å². The van der Waals surface area contributed by atoms with Crippen LogP contribution in [-0.2, 0) is 0 Å². The van der Waals surface area contributed by atoms with Crippen LogP contribution in [-0.4, -0.2) is 17.4 Å². The first-order chi connectivity index (χ1) is 4.48. The molecule has 0 fully saturated rings. The van der Waals surface area contributed by atoms with Crippen LogP contribution in [0.15, 0.2) is 12.7 Å². The van der Waals surface area contributed by atoms with Crippen molar-refractivity contribution in [3.63, 3.8) is 0 Å². The summed E-state index contributed by atoms with van der Waals surface area (Å²) in [5, 5.41) is 8.34. The minimum atomic E-state index is -4.48. The number of allylic oxidation sites excluding steroid dienone is 1. The van der Waals surface area contributed by atoms with E-state index in [2.05, 4.69) is 6.58 Å². The summed E-state index contributed by atoms with van der Waals surface area (Å²) in [7, 11) is 0. The highest BCUT2D eigenvalue weighted by Gasteiger charge is 2.37. The molecule has 0 aliphatic rings. The molecule has 0 aromatic carbocycles. The van der Waals surface area contributed by atoms with Crippen molar-refractivity contribution < 1.29 is 18.3 Å². The normalized spacial score (nSPS) is 14.8. The zero-order valence-corrected chi connectivity index (χ0v) is 5.36. The van der Waals surface area contributed by atoms with Gasteiger partial charge in [0.25, 0.3) is 0 Å². The fourth-order valence-corrected chi connectivity index (χ4v) is 0.439. The second kappa shape index (κ2) is 3.61. The third-order valence-corrected chi connectivity index (χ3v) is 1.02. The van der Waals surface area contributed by atoms with Gasteiger partial charge in [0.2, 0.25) is 0 Å².